The molecule has 0 aliphatic heterocycles. The molecule has 2 heteroatoms. The van der Waals surface area contributed by atoms with E-state index in [-0.39, 0.29) is 0 Å². The Morgan fingerprint density at radius 2 is 1.92 bits per heavy atom. The van der Waals surface area contributed by atoms with Crippen molar-refractivity contribution in [3.05, 3.63) is 36.4 Å². The summed E-state index contributed by atoms with van der Waals surface area (Å²) in [6.45, 7) is 4.53. The van der Waals surface area contributed by atoms with E-state index in [4.69, 9.17) is 9.47 Å². The first kappa shape index (κ1) is 10.1. The first-order valence-electron chi connectivity index (χ1n) is 4.43. The van der Waals surface area contributed by atoms with Crippen LogP contribution >= 0.6 is 0 Å². The van der Waals surface area contributed by atoms with Gasteiger partial charge in [0.1, 0.15) is 5.75 Å². The second-order valence-corrected chi connectivity index (χ2v) is 2.67. The van der Waals surface area contributed by atoms with E-state index < -0.39 is 0 Å². The van der Waals surface area contributed by atoms with Crippen LogP contribution in [-0.4, -0.2) is 13.7 Å². The lowest BCUT2D eigenvalue weighted by molar-refractivity contribution is 0.212. The molecule has 13 heavy (non-hydrogen) atoms. The molecule has 1 rings (SSSR count). The van der Waals surface area contributed by atoms with Gasteiger partial charge in [-0.3, -0.25) is 0 Å². The van der Waals surface area contributed by atoms with E-state index >= 15 is 0 Å². The molecule has 1 aromatic carbocycles. The van der Waals surface area contributed by atoms with Crippen molar-refractivity contribution in [2.75, 3.05) is 13.7 Å². The van der Waals surface area contributed by atoms with Gasteiger partial charge in [-0.25, -0.2) is 0 Å². The minimum Gasteiger partial charge on any atom is -0.497 e. The maximum Gasteiger partial charge on any atom is 0.118 e. The minimum absolute atomic E-state index is 0.732. The molecular formula is C11H15O2. The lowest BCUT2D eigenvalue weighted by atomic mass is 10.1. The molecule has 1 radical (unpaired) electrons. The van der Waals surface area contributed by atoms with Crippen LogP contribution in [0.4, 0.5) is 0 Å². The van der Waals surface area contributed by atoms with Crippen LogP contribution in [0.2, 0.25) is 0 Å². The SMILES string of the molecule is CCO[CH]Cc1ccc(OC)cc1. The van der Waals surface area contributed by atoms with E-state index in [1.165, 1.54) is 5.56 Å². The molecule has 0 fully saturated rings. The Labute approximate surface area is 79.5 Å². The molecule has 0 unspecified atom stereocenters. The van der Waals surface area contributed by atoms with Gasteiger partial charge in [0.15, 0.2) is 0 Å². The molecule has 0 spiro atoms. The van der Waals surface area contributed by atoms with Crippen molar-refractivity contribution in [1.29, 1.82) is 0 Å². The molecule has 1 aromatic rings. The molecule has 0 aliphatic rings. The summed E-state index contributed by atoms with van der Waals surface area (Å²) in [6.07, 6.45) is 0.845. The third kappa shape index (κ3) is 3.47. The van der Waals surface area contributed by atoms with Gasteiger partial charge < -0.3 is 9.47 Å². The second-order valence-electron chi connectivity index (χ2n) is 2.67. The van der Waals surface area contributed by atoms with Crippen molar-refractivity contribution in [3.8, 4) is 5.75 Å². The predicted molar refractivity (Wildman–Crippen MR) is 52.6 cm³/mol. The molecule has 0 aliphatic carbocycles. The van der Waals surface area contributed by atoms with Crippen molar-refractivity contribution >= 4 is 0 Å². The van der Waals surface area contributed by atoms with Gasteiger partial charge in [-0.2, -0.15) is 0 Å². The van der Waals surface area contributed by atoms with Gasteiger partial charge in [-0.15, -0.1) is 0 Å². The smallest absolute Gasteiger partial charge is 0.118 e. The van der Waals surface area contributed by atoms with Gasteiger partial charge in [-0.05, 0) is 24.6 Å². The molecule has 0 saturated carbocycles. The molecular weight excluding hydrogens is 164 g/mol. The summed E-state index contributed by atoms with van der Waals surface area (Å²) in [5, 5.41) is 0. The first-order chi connectivity index (χ1) is 6.36. The largest absolute Gasteiger partial charge is 0.497 e. The second kappa shape index (κ2) is 5.60. The van der Waals surface area contributed by atoms with Crippen LogP contribution in [0.1, 0.15) is 12.5 Å². The highest BCUT2D eigenvalue weighted by Crippen LogP contribution is 2.12. The van der Waals surface area contributed by atoms with E-state index in [0.717, 1.165) is 18.8 Å². The number of hydrogen-bond acceptors (Lipinski definition) is 2. The van der Waals surface area contributed by atoms with Crippen LogP contribution < -0.4 is 4.74 Å². The third-order valence-electron chi connectivity index (χ3n) is 1.76. The Morgan fingerprint density at radius 3 is 2.46 bits per heavy atom. The average Bonchev–Trinajstić information content (AvgIpc) is 2.19. The van der Waals surface area contributed by atoms with Crippen molar-refractivity contribution in [2.24, 2.45) is 0 Å². The Bertz CT molecular complexity index is 228. The summed E-state index contributed by atoms with van der Waals surface area (Å²) in [4.78, 5) is 0. The van der Waals surface area contributed by atoms with Gasteiger partial charge in [0.2, 0.25) is 0 Å². The maximum absolute atomic E-state index is 5.14. The van der Waals surface area contributed by atoms with Crippen LogP contribution in [0.15, 0.2) is 24.3 Å². The molecule has 0 heterocycles. The van der Waals surface area contributed by atoms with Crippen molar-refractivity contribution < 1.29 is 9.47 Å². The molecule has 0 amide bonds. The minimum atomic E-state index is 0.732. The number of benzene rings is 1. The lowest BCUT2D eigenvalue weighted by Crippen LogP contribution is -1.91. The first-order valence-corrected chi connectivity index (χ1v) is 4.43. The van der Waals surface area contributed by atoms with Crippen molar-refractivity contribution in [2.45, 2.75) is 13.3 Å². The summed E-state index contributed by atoms with van der Waals surface area (Å²) in [5.74, 6) is 0.889. The Hall–Kier alpha value is -1.02. The Morgan fingerprint density at radius 1 is 1.23 bits per heavy atom. The molecule has 0 bridgehead atoms. The molecule has 71 valence electrons. The van der Waals surface area contributed by atoms with Crippen LogP contribution in [0.25, 0.3) is 0 Å². The zero-order valence-corrected chi connectivity index (χ0v) is 8.12. The highest BCUT2D eigenvalue weighted by Gasteiger charge is 1.94. The molecule has 0 atom stereocenters. The van der Waals surface area contributed by atoms with E-state index in [1.54, 1.807) is 7.11 Å². The average molecular weight is 179 g/mol. The quantitative estimate of drug-likeness (QED) is 0.646. The highest BCUT2D eigenvalue weighted by molar-refractivity contribution is 5.27. The Kier molecular flexibility index (Phi) is 4.33. The van der Waals surface area contributed by atoms with Crippen LogP contribution in [0.5, 0.6) is 5.75 Å². The van der Waals surface area contributed by atoms with E-state index in [1.807, 2.05) is 37.8 Å². The van der Waals surface area contributed by atoms with E-state index in [0.29, 0.717) is 0 Å². The summed E-state index contributed by atoms with van der Waals surface area (Å²) in [6, 6.07) is 7.98. The molecule has 0 N–H and O–H groups in total. The number of rotatable bonds is 5. The monoisotopic (exact) mass is 179 g/mol. The van der Waals surface area contributed by atoms with Crippen LogP contribution in [-0.2, 0) is 11.2 Å². The Balaban J connectivity index is 2.40. The zero-order valence-electron chi connectivity index (χ0n) is 8.12. The molecule has 2 nitrogen and oxygen atoms in total. The van der Waals surface area contributed by atoms with Crippen molar-refractivity contribution in [1.82, 2.24) is 0 Å². The number of ether oxygens (including phenoxy) is 2. The summed E-state index contributed by atoms with van der Waals surface area (Å²) in [5.41, 5.74) is 1.23. The van der Waals surface area contributed by atoms with E-state index in [2.05, 4.69) is 0 Å². The van der Waals surface area contributed by atoms with Gasteiger partial charge in [0.05, 0.1) is 13.7 Å². The number of hydrogen-bond donors (Lipinski definition) is 0. The van der Waals surface area contributed by atoms with E-state index in [9.17, 15) is 0 Å². The van der Waals surface area contributed by atoms with Gasteiger partial charge in [0.25, 0.3) is 0 Å². The fraction of sp³-hybridized carbons (Fsp3) is 0.364. The summed E-state index contributed by atoms with van der Waals surface area (Å²) < 4.78 is 10.2. The number of methoxy groups -OCH3 is 1. The fourth-order valence-corrected chi connectivity index (χ4v) is 1.03. The lowest BCUT2D eigenvalue weighted by Gasteiger charge is -2.02. The fourth-order valence-electron chi connectivity index (χ4n) is 1.03. The third-order valence-corrected chi connectivity index (χ3v) is 1.76. The van der Waals surface area contributed by atoms with Crippen molar-refractivity contribution in [3.63, 3.8) is 0 Å². The summed E-state index contributed by atoms with van der Waals surface area (Å²) in [7, 11) is 1.67. The van der Waals surface area contributed by atoms with Gasteiger partial charge in [-0.1, -0.05) is 12.1 Å². The van der Waals surface area contributed by atoms with Gasteiger partial charge in [0, 0.05) is 13.0 Å². The van der Waals surface area contributed by atoms with Gasteiger partial charge >= 0.3 is 0 Å². The topological polar surface area (TPSA) is 18.5 Å². The van der Waals surface area contributed by atoms with Crippen LogP contribution in [0, 0.1) is 6.61 Å². The molecule has 0 aromatic heterocycles. The standard InChI is InChI=1S/C11H15O2/c1-3-13-9-8-10-4-6-11(12-2)7-5-10/h4-7,9H,3,8H2,1-2H3. The zero-order chi connectivity index (χ0) is 9.52. The highest BCUT2D eigenvalue weighted by atomic mass is 16.5. The van der Waals surface area contributed by atoms with Crippen LogP contribution in [0.3, 0.4) is 0 Å². The summed E-state index contributed by atoms with van der Waals surface area (Å²) >= 11 is 0. The molecule has 0 saturated heterocycles. The maximum atomic E-state index is 5.14. The predicted octanol–water partition coefficient (Wildman–Crippen LogP) is 2.44. The normalized spacial score (nSPS) is 10.0.